The van der Waals surface area contributed by atoms with Crippen LogP contribution in [0, 0.1) is 12.7 Å². The molecule has 2 rings (SSSR count). The molecule has 1 N–H and O–H groups in total. The van der Waals surface area contributed by atoms with Crippen LogP contribution < -0.4 is 4.74 Å². The summed E-state index contributed by atoms with van der Waals surface area (Å²) in [5.41, 5.74) is 1.50. The lowest BCUT2D eigenvalue weighted by Crippen LogP contribution is -1.98. The molecule has 0 spiro atoms. The third kappa shape index (κ3) is 3.29. The molecule has 0 saturated heterocycles. The van der Waals surface area contributed by atoms with Gasteiger partial charge in [0, 0.05) is 0 Å². The van der Waals surface area contributed by atoms with E-state index in [0.717, 1.165) is 5.56 Å². The van der Waals surface area contributed by atoms with Gasteiger partial charge in [-0.1, -0.05) is 13.0 Å². The van der Waals surface area contributed by atoms with Crippen LogP contribution in [0.5, 0.6) is 11.5 Å². The molecule has 0 unspecified atom stereocenters. The van der Waals surface area contributed by atoms with Crippen molar-refractivity contribution in [3.63, 3.8) is 0 Å². The summed E-state index contributed by atoms with van der Waals surface area (Å²) in [7, 11) is 0. The molecule has 1 heterocycles. The molecular formula is C15H16FNO2. The van der Waals surface area contributed by atoms with Gasteiger partial charge in [0.1, 0.15) is 5.75 Å². The monoisotopic (exact) mass is 261 g/mol. The zero-order valence-electron chi connectivity index (χ0n) is 10.9. The number of aromatic nitrogens is 1. The first kappa shape index (κ1) is 13.5. The Morgan fingerprint density at radius 1 is 1.32 bits per heavy atom. The van der Waals surface area contributed by atoms with Gasteiger partial charge < -0.3 is 9.84 Å². The van der Waals surface area contributed by atoms with Crippen LogP contribution in [0.3, 0.4) is 0 Å². The van der Waals surface area contributed by atoms with E-state index in [1.54, 1.807) is 24.3 Å². The van der Waals surface area contributed by atoms with E-state index in [9.17, 15) is 9.50 Å². The Morgan fingerprint density at radius 3 is 2.74 bits per heavy atom. The zero-order valence-corrected chi connectivity index (χ0v) is 10.9. The predicted molar refractivity (Wildman–Crippen MR) is 70.7 cm³/mol. The normalized spacial score (nSPS) is 12.2. The second kappa shape index (κ2) is 5.80. The van der Waals surface area contributed by atoms with Gasteiger partial charge in [0.25, 0.3) is 0 Å². The maximum atomic E-state index is 13.5. The number of aliphatic hydroxyl groups is 1. The lowest BCUT2D eigenvalue weighted by atomic mass is 10.2. The van der Waals surface area contributed by atoms with Gasteiger partial charge in [-0.05, 0) is 43.2 Å². The summed E-state index contributed by atoms with van der Waals surface area (Å²) < 4.78 is 19.0. The maximum Gasteiger partial charge on any atom is 0.165 e. The molecule has 2 aromatic rings. The van der Waals surface area contributed by atoms with Gasteiger partial charge in [-0.25, -0.2) is 4.39 Å². The molecule has 0 aliphatic carbocycles. The second-order valence-corrected chi connectivity index (χ2v) is 4.38. The molecule has 1 aromatic carbocycles. The number of halogens is 1. The zero-order chi connectivity index (χ0) is 13.8. The van der Waals surface area contributed by atoms with Crippen LogP contribution in [-0.2, 0) is 0 Å². The van der Waals surface area contributed by atoms with E-state index in [0.29, 0.717) is 17.9 Å². The van der Waals surface area contributed by atoms with Crippen LogP contribution in [0.4, 0.5) is 4.39 Å². The van der Waals surface area contributed by atoms with E-state index in [4.69, 9.17) is 4.74 Å². The van der Waals surface area contributed by atoms with E-state index in [-0.39, 0.29) is 5.75 Å². The van der Waals surface area contributed by atoms with Crippen molar-refractivity contribution in [2.45, 2.75) is 26.4 Å². The van der Waals surface area contributed by atoms with Crippen molar-refractivity contribution >= 4 is 0 Å². The molecular weight excluding hydrogens is 245 g/mol. The molecule has 100 valence electrons. The number of aliphatic hydroxyl groups excluding tert-OH is 1. The number of pyridine rings is 1. The highest BCUT2D eigenvalue weighted by atomic mass is 19.1. The highest BCUT2D eigenvalue weighted by molar-refractivity contribution is 5.34. The minimum absolute atomic E-state index is 0.172. The SMILES string of the molecule is CC[C@H](O)c1ccc(Oc2cc(C)ccc2F)cn1. The molecule has 0 fully saturated rings. The van der Waals surface area contributed by atoms with Crippen LogP contribution >= 0.6 is 0 Å². The summed E-state index contributed by atoms with van der Waals surface area (Å²) in [6.45, 7) is 3.74. The van der Waals surface area contributed by atoms with Gasteiger partial charge in [0.15, 0.2) is 11.6 Å². The molecule has 0 saturated carbocycles. The molecule has 3 nitrogen and oxygen atoms in total. The highest BCUT2D eigenvalue weighted by Crippen LogP contribution is 2.25. The van der Waals surface area contributed by atoms with Gasteiger partial charge in [0.2, 0.25) is 0 Å². The number of aryl methyl sites for hydroxylation is 1. The van der Waals surface area contributed by atoms with Crippen molar-refractivity contribution in [2.24, 2.45) is 0 Å². The minimum Gasteiger partial charge on any atom is -0.453 e. The molecule has 1 atom stereocenters. The second-order valence-electron chi connectivity index (χ2n) is 4.38. The number of nitrogens with zero attached hydrogens (tertiary/aromatic N) is 1. The minimum atomic E-state index is -0.579. The van der Waals surface area contributed by atoms with Gasteiger partial charge in [-0.2, -0.15) is 0 Å². The summed E-state index contributed by atoms with van der Waals surface area (Å²) in [5, 5.41) is 9.63. The van der Waals surface area contributed by atoms with Gasteiger partial charge in [0.05, 0.1) is 18.0 Å². The number of hydrogen-bond donors (Lipinski definition) is 1. The van der Waals surface area contributed by atoms with Crippen LogP contribution in [0.1, 0.15) is 30.7 Å². The number of ether oxygens (including phenoxy) is 1. The topological polar surface area (TPSA) is 42.4 Å². The summed E-state index contributed by atoms with van der Waals surface area (Å²) in [6, 6.07) is 8.03. The van der Waals surface area contributed by atoms with Gasteiger partial charge in [-0.3, -0.25) is 4.98 Å². The van der Waals surface area contributed by atoms with Crippen LogP contribution in [-0.4, -0.2) is 10.1 Å². The van der Waals surface area contributed by atoms with Crippen LogP contribution in [0.2, 0.25) is 0 Å². The van der Waals surface area contributed by atoms with Crippen molar-refractivity contribution in [3.05, 3.63) is 53.6 Å². The average molecular weight is 261 g/mol. The van der Waals surface area contributed by atoms with Crippen molar-refractivity contribution in [2.75, 3.05) is 0 Å². The molecule has 0 aliphatic heterocycles. The third-order valence-corrected chi connectivity index (χ3v) is 2.80. The molecule has 4 heteroatoms. The Morgan fingerprint density at radius 2 is 2.11 bits per heavy atom. The lowest BCUT2D eigenvalue weighted by molar-refractivity contribution is 0.169. The van der Waals surface area contributed by atoms with E-state index in [1.165, 1.54) is 12.3 Å². The van der Waals surface area contributed by atoms with E-state index in [1.807, 2.05) is 13.8 Å². The van der Waals surface area contributed by atoms with Crippen molar-refractivity contribution < 1.29 is 14.2 Å². The fourth-order valence-electron chi connectivity index (χ4n) is 1.67. The smallest absolute Gasteiger partial charge is 0.165 e. The summed E-state index contributed by atoms with van der Waals surface area (Å²) in [6.07, 6.45) is 1.50. The third-order valence-electron chi connectivity index (χ3n) is 2.80. The van der Waals surface area contributed by atoms with E-state index in [2.05, 4.69) is 4.98 Å². The average Bonchev–Trinajstić information content (AvgIpc) is 2.43. The largest absolute Gasteiger partial charge is 0.453 e. The van der Waals surface area contributed by atoms with E-state index >= 15 is 0 Å². The molecule has 1 aromatic heterocycles. The first-order valence-corrected chi connectivity index (χ1v) is 6.18. The molecule has 0 aliphatic rings. The summed E-state index contributed by atoms with van der Waals surface area (Å²) in [5.74, 6) is 0.199. The molecule has 0 bridgehead atoms. The van der Waals surface area contributed by atoms with Crippen LogP contribution in [0.25, 0.3) is 0 Å². The number of hydrogen-bond acceptors (Lipinski definition) is 3. The van der Waals surface area contributed by atoms with Crippen molar-refractivity contribution in [1.29, 1.82) is 0 Å². The number of benzene rings is 1. The van der Waals surface area contributed by atoms with E-state index < -0.39 is 11.9 Å². The Balaban J connectivity index is 2.17. The van der Waals surface area contributed by atoms with Crippen LogP contribution in [0.15, 0.2) is 36.5 Å². The number of rotatable bonds is 4. The summed E-state index contributed by atoms with van der Waals surface area (Å²) >= 11 is 0. The Hall–Kier alpha value is -1.94. The highest BCUT2D eigenvalue weighted by Gasteiger charge is 2.08. The maximum absolute atomic E-state index is 13.5. The Labute approximate surface area is 111 Å². The van der Waals surface area contributed by atoms with Crippen molar-refractivity contribution in [1.82, 2.24) is 4.98 Å². The molecule has 19 heavy (non-hydrogen) atoms. The molecule has 0 radical (unpaired) electrons. The quantitative estimate of drug-likeness (QED) is 0.911. The summed E-state index contributed by atoms with van der Waals surface area (Å²) in [4.78, 5) is 4.10. The van der Waals surface area contributed by atoms with Gasteiger partial charge in [-0.15, -0.1) is 0 Å². The fourth-order valence-corrected chi connectivity index (χ4v) is 1.67. The lowest BCUT2D eigenvalue weighted by Gasteiger charge is -2.10. The Bertz CT molecular complexity index is 555. The van der Waals surface area contributed by atoms with Crippen molar-refractivity contribution in [3.8, 4) is 11.5 Å². The predicted octanol–water partition coefficient (Wildman–Crippen LogP) is 3.76. The standard InChI is InChI=1S/C15H16FNO2/c1-3-14(18)13-7-5-11(9-17-13)19-15-8-10(2)4-6-12(15)16/h4-9,14,18H,3H2,1-2H3/t14-/m0/s1. The van der Waals surface area contributed by atoms with Gasteiger partial charge >= 0.3 is 0 Å². The molecule has 0 amide bonds. The first-order chi connectivity index (χ1) is 9.10. The Kier molecular flexibility index (Phi) is 4.12. The fraction of sp³-hybridized carbons (Fsp3) is 0.267. The first-order valence-electron chi connectivity index (χ1n) is 6.18.